The Bertz CT molecular complexity index is 398. The fourth-order valence-electron chi connectivity index (χ4n) is 1.46. The first-order chi connectivity index (χ1) is 7.55. The Morgan fingerprint density at radius 1 is 1.25 bits per heavy atom. The van der Waals surface area contributed by atoms with E-state index in [-0.39, 0.29) is 11.5 Å². The smallest absolute Gasteiger partial charge is 0.153 e. The Hall–Kier alpha value is -0.870. The molecular weight excluding hydrogens is 224 g/mol. The van der Waals surface area contributed by atoms with Gasteiger partial charge in [0.1, 0.15) is 0 Å². The number of aliphatic hydroxyl groups excluding tert-OH is 1. The monoisotopic (exact) mass is 242 g/mol. The summed E-state index contributed by atoms with van der Waals surface area (Å²) in [7, 11) is -3.14. The molecule has 0 bridgehead atoms. The highest BCUT2D eigenvalue weighted by atomic mass is 32.2. The molecule has 3 nitrogen and oxygen atoms in total. The predicted molar refractivity (Wildman–Crippen MR) is 65.0 cm³/mol. The van der Waals surface area contributed by atoms with E-state index in [1.165, 1.54) is 0 Å². The van der Waals surface area contributed by atoms with E-state index in [1.54, 1.807) is 24.3 Å². The molecule has 0 aliphatic heterocycles. The van der Waals surface area contributed by atoms with Gasteiger partial charge in [-0.1, -0.05) is 43.7 Å². The van der Waals surface area contributed by atoms with Crippen LogP contribution in [0.1, 0.15) is 31.4 Å². The largest absolute Gasteiger partial charge is 0.387 e. The zero-order valence-electron chi connectivity index (χ0n) is 9.46. The maximum Gasteiger partial charge on any atom is 0.153 e. The van der Waals surface area contributed by atoms with Crippen molar-refractivity contribution in [1.29, 1.82) is 0 Å². The molecule has 1 aromatic rings. The van der Waals surface area contributed by atoms with E-state index in [2.05, 4.69) is 0 Å². The van der Waals surface area contributed by atoms with Crippen LogP contribution < -0.4 is 0 Å². The van der Waals surface area contributed by atoms with E-state index in [4.69, 9.17) is 0 Å². The van der Waals surface area contributed by atoms with Crippen LogP contribution in [0.3, 0.4) is 0 Å². The van der Waals surface area contributed by atoms with Gasteiger partial charge in [0.05, 0.1) is 17.6 Å². The lowest BCUT2D eigenvalue weighted by Crippen LogP contribution is -2.17. The van der Waals surface area contributed by atoms with E-state index in [0.29, 0.717) is 12.0 Å². The van der Waals surface area contributed by atoms with Crippen molar-refractivity contribution >= 4 is 9.84 Å². The third-order valence-electron chi connectivity index (χ3n) is 2.41. The van der Waals surface area contributed by atoms with Crippen LogP contribution in [0.2, 0.25) is 0 Å². The molecule has 0 radical (unpaired) electrons. The minimum atomic E-state index is -3.14. The first kappa shape index (κ1) is 13.2. The summed E-state index contributed by atoms with van der Waals surface area (Å²) in [6.07, 6.45) is 0.591. The minimum Gasteiger partial charge on any atom is -0.387 e. The van der Waals surface area contributed by atoms with Crippen LogP contribution >= 0.6 is 0 Å². The zero-order valence-corrected chi connectivity index (χ0v) is 10.3. The summed E-state index contributed by atoms with van der Waals surface area (Å²) >= 11 is 0. The number of hydrogen-bond donors (Lipinski definition) is 1. The fourth-order valence-corrected chi connectivity index (χ4v) is 3.03. The Morgan fingerprint density at radius 3 is 2.44 bits per heavy atom. The van der Waals surface area contributed by atoms with Crippen molar-refractivity contribution in [3.8, 4) is 0 Å². The Balaban J connectivity index is 2.61. The second kappa shape index (κ2) is 6.01. The molecule has 16 heavy (non-hydrogen) atoms. The highest BCUT2D eigenvalue weighted by Gasteiger charge is 2.17. The van der Waals surface area contributed by atoms with Gasteiger partial charge in [-0.2, -0.15) is 0 Å². The van der Waals surface area contributed by atoms with E-state index in [0.717, 1.165) is 6.42 Å². The molecule has 0 aromatic heterocycles. The van der Waals surface area contributed by atoms with Gasteiger partial charge in [-0.25, -0.2) is 8.42 Å². The average molecular weight is 242 g/mol. The van der Waals surface area contributed by atoms with Gasteiger partial charge in [-0.15, -0.1) is 0 Å². The summed E-state index contributed by atoms with van der Waals surface area (Å²) in [6, 6.07) is 8.89. The molecule has 0 aliphatic carbocycles. The SMILES string of the molecule is CCCCS(=O)(=O)C[C@@H](O)c1ccccc1. The van der Waals surface area contributed by atoms with Crippen LogP contribution in [-0.4, -0.2) is 25.0 Å². The number of sulfone groups is 1. The van der Waals surface area contributed by atoms with E-state index >= 15 is 0 Å². The normalized spacial score (nSPS) is 13.6. The lowest BCUT2D eigenvalue weighted by molar-refractivity contribution is 0.201. The highest BCUT2D eigenvalue weighted by Crippen LogP contribution is 2.15. The topological polar surface area (TPSA) is 54.4 Å². The van der Waals surface area contributed by atoms with Crippen LogP contribution in [0.4, 0.5) is 0 Å². The molecule has 0 saturated carbocycles. The lowest BCUT2D eigenvalue weighted by Gasteiger charge is -2.11. The van der Waals surface area contributed by atoms with Gasteiger partial charge in [0.15, 0.2) is 9.84 Å². The van der Waals surface area contributed by atoms with Gasteiger partial charge < -0.3 is 5.11 Å². The van der Waals surface area contributed by atoms with Gasteiger partial charge in [0.25, 0.3) is 0 Å². The molecular formula is C12H18O3S. The van der Waals surface area contributed by atoms with Crippen molar-refractivity contribution < 1.29 is 13.5 Å². The maximum absolute atomic E-state index is 11.6. The number of aliphatic hydroxyl groups is 1. The van der Waals surface area contributed by atoms with Crippen molar-refractivity contribution in [2.75, 3.05) is 11.5 Å². The van der Waals surface area contributed by atoms with Crippen LogP contribution in [0.5, 0.6) is 0 Å². The van der Waals surface area contributed by atoms with Crippen LogP contribution in [0, 0.1) is 0 Å². The standard InChI is InChI=1S/C12H18O3S/c1-2-3-9-16(14,15)10-12(13)11-7-5-4-6-8-11/h4-8,12-13H,2-3,9-10H2,1H3/t12-/m1/s1. The van der Waals surface area contributed by atoms with Crippen molar-refractivity contribution in [3.63, 3.8) is 0 Å². The van der Waals surface area contributed by atoms with Gasteiger partial charge >= 0.3 is 0 Å². The number of rotatable bonds is 6. The van der Waals surface area contributed by atoms with Gasteiger partial charge in [-0.3, -0.25) is 0 Å². The Morgan fingerprint density at radius 2 is 1.88 bits per heavy atom. The summed E-state index contributed by atoms with van der Waals surface area (Å²) in [5.41, 5.74) is 0.655. The molecule has 0 aliphatic rings. The summed E-state index contributed by atoms with van der Waals surface area (Å²) in [5, 5.41) is 9.78. The molecule has 90 valence electrons. The molecule has 1 rings (SSSR count). The lowest BCUT2D eigenvalue weighted by atomic mass is 10.1. The maximum atomic E-state index is 11.6. The van der Waals surface area contributed by atoms with Crippen LogP contribution in [0.15, 0.2) is 30.3 Å². The van der Waals surface area contributed by atoms with Gasteiger partial charge in [0.2, 0.25) is 0 Å². The molecule has 1 aromatic carbocycles. The molecule has 0 spiro atoms. The molecule has 0 saturated heterocycles. The van der Waals surface area contributed by atoms with E-state index in [9.17, 15) is 13.5 Å². The second-order valence-corrected chi connectivity index (χ2v) is 6.12. The second-order valence-electron chi connectivity index (χ2n) is 3.89. The summed E-state index contributed by atoms with van der Waals surface area (Å²) < 4.78 is 23.2. The van der Waals surface area contributed by atoms with Crippen molar-refractivity contribution in [3.05, 3.63) is 35.9 Å². The van der Waals surface area contributed by atoms with Crippen molar-refractivity contribution in [2.24, 2.45) is 0 Å². The molecule has 1 atom stereocenters. The first-order valence-corrected chi connectivity index (χ1v) is 7.30. The molecule has 1 N–H and O–H groups in total. The van der Waals surface area contributed by atoms with Gasteiger partial charge in [0, 0.05) is 0 Å². The van der Waals surface area contributed by atoms with E-state index < -0.39 is 15.9 Å². The third-order valence-corrected chi connectivity index (χ3v) is 4.14. The molecule has 0 amide bonds. The van der Waals surface area contributed by atoms with Crippen LogP contribution in [-0.2, 0) is 9.84 Å². The number of hydrogen-bond acceptors (Lipinski definition) is 3. The zero-order chi connectivity index (χ0) is 12.0. The molecule has 0 unspecified atom stereocenters. The third kappa shape index (κ3) is 4.33. The first-order valence-electron chi connectivity index (χ1n) is 5.48. The highest BCUT2D eigenvalue weighted by molar-refractivity contribution is 7.91. The average Bonchev–Trinajstić information content (AvgIpc) is 2.27. The molecule has 0 heterocycles. The fraction of sp³-hybridized carbons (Fsp3) is 0.500. The summed E-state index contributed by atoms with van der Waals surface area (Å²) in [6.45, 7) is 1.95. The number of unbranched alkanes of at least 4 members (excludes halogenated alkanes) is 1. The Labute approximate surface area is 97.0 Å². The molecule has 4 heteroatoms. The summed E-state index contributed by atoms with van der Waals surface area (Å²) in [5.74, 6) is -0.0234. The quantitative estimate of drug-likeness (QED) is 0.829. The van der Waals surface area contributed by atoms with Gasteiger partial charge in [-0.05, 0) is 12.0 Å². The number of benzene rings is 1. The van der Waals surface area contributed by atoms with E-state index in [1.807, 2.05) is 13.0 Å². The predicted octanol–water partition coefficient (Wildman–Crippen LogP) is 1.93. The summed E-state index contributed by atoms with van der Waals surface area (Å²) in [4.78, 5) is 0. The molecule has 0 fully saturated rings. The van der Waals surface area contributed by atoms with Crippen molar-refractivity contribution in [1.82, 2.24) is 0 Å². The van der Waals surface area contributed by atoms with Crippen molar-refractivity contribution in [2.45, 2.75) is 25.9 Å². The Kier molecular flexibility index (Phi) is 4.96. The van der Waals surface area contributed by atoms with Crippen LogP contribution in [0.25, 0.3) is 0 Å². The minimum absolute atomic E-state index is 0.160.